The van der Waals surface area contributed by atoms with Gasteiger partial charge in [0.05, 0.1) is 24.7 Å². The van der Waals surface area contributed by atoms with E-state index in [-0.39, 0.29) is 5.97 Å². The first-order valence-corrected chi connectivity index (χ1v) is 6.72. The van der Waals surface area contributed by atoms with E-state index in [9.17, 15) is 4.79 Å². The molecule has 4 heteroatoms. The Balaban J connectivity index is 1.85. The Morgan fingerprint density at radius 2 is 2.00 bits per heavy atom. The van der Waals surface area contributed by atoms with Crippen molar-refractivity contribution < 1.29 is 13.9 Å². The van der Waals surface area contributed by atoms with Crippen molar-refractivity contribution in [3.05, 3.63) is 59.5 Å². The first-order chi connectivity index (χ1) is 8.79. The summed E-state index contributed by atoms with van der Waals surface area (Å²) >= 11 is 1.77. The van der Waals surface area contributed by atoms with Crippen LogP contribution in [0.4, 0.5) is 0 Å². The van der Waals surface area contributed by atoms with Gasteiger partial charge in [-0.2, -0.15) is 0 Å². The average molecular weight is 262 g/mol. The van der Waals surface area contributed by atoms with E-state index < -0.39 is 0 Å². The normalized spacial score (nSPS) is 10.3. The van der Waals surface area contributed by atoms with Crippen molar-refractivity contribution in [2.24, 2.45) is 0 Å². The number of hydrogen-bond donors (Lipinski definition) is 0. The summed E-state index contributed by atoms with van der Waals surface area (Å²) in [6.07, 6.45) is 1.68. The standard InChI is InChI=1S/C14H14O3S/c1-16-14(15)12-6-4-11(5-7-12)9-18-10-13-3-2-8-17-13/h2-8H,9-10H2,1H3. The van der Waals surface area contributed by atoms with Gasteiger partial charge in [-0.25, -0.2) is 4.79 Å². The van der Waals surface area contributed by atoms with Crippen LogP contribution < -0.4 is 0 Å². The number of furan rings is 1. The molecule has 0 spiro atoms. The molecule has 0 aliphatic carbocycles. The molecule has 18 heavy (non-hydrogen) atoms. The van der Waals surface area contributed by atoms with Crippen molar-refractivity contribution in [2.45, 2.75) is 11.5 Å². The molecular formula is C14H14O3S. The van der Waals surface area contributed by atoms with Crippen molar-refractivity contribution >= 4 is 17.7 Å². The largest absolute Gasteiger partial charge is 0.468 e. The lowest BCUT2D eigenvalue weighted by atomic mass is 10.1. The molecule has 1 aromatic heterocycles. The summed E-state index contributed by atoms with van der Waals surface area (Å²) in [7, 11) is 1.38. The van der Waals surface area contributed by atoms with Gasteiger partial charge in [0.15, 0.2) is 0 Å². The number of benzene rings is 1. The second kappa shape index (κ2) is 6.31. The van der Waals surface area contributed by atoms with E-state index >= 15 is 0 Å². The molecule has 3 nitrogen and oxygen atoms in total. The topological polar surface area (TPSA) is 39.4 Å². The molecule has 0 bridgehead atoms. The van der Waals surface area contributed by atoms with Crippen LogP contribution in [0.15, 0.2) is 47.1 Å². The number of esters is 1. The Hall–Kier alpha value is -1.68. The number of hydrogen-bond acceptors (Lipinski definition) is 4. The number of carbonyl (C=O) groups is 1. The zero-order valence-electron chi connectivity index (χ0n) is 10.1. The van der Waals surface area contributed by atoms with Crippen molar-refractivity contribution in [1.82, 2.24) is 0 Å². The first-order valence-electron chi connectivity index (χ1n) is 5.57. The monoisotopic (exact) mass is 262 g/mol. The van der Waals surface area contributed by atoms with Gasteiger partial charge in [-0.1, -0.05) is 12.1 Å². The molecule has 0 aliphatic heterocycles. The molecule has 0 atom stereocenters. The maximum Gasteiger partial charge on any atom is 0.337 e. The van der Waals surface area contributed by atoms with Gasteiger partial charge >= 0.3 is 5.97 Å². The first kappa shape index (κ1) is 12.8. The van der Waals surface area contributed by atoms with Gasteiger partial charge < -0.3 is 9.15 Å². The molecular weight excluding hydrogens is 248 g/mol. The lowest BCUT2D eigenvalue weighted by molar-refractivity contribution is 0.0600. The summed E-state index contributed by atoms with van der Waals surface area (Å²) in [6, 6.07) is 11.3. The lowest BCUT2D eigenvalue weighted by Crippen LogP contribution is -2.00. The van der Waals surface area contributed by atoms with Crippen LogP contribution in [-0.4, -0.2) is 13.1 Å². The molecule has 0 unspecified atom stereocenters. The predicted molar refractivity (Wildman–Crippen MR) is 71.5 cm³/mol. The van der Waals surface area contributed by atoms with Crippen LogP contribution in [-0.2, 0) is 16.2 Å². The maximum absolute atomic E-state index is 11.3. The van der Waals surface area contributed by atoms with Gasteiger partial charge in [-0.15, -0.1) is 11.8 Å². The van der Waals surface area contributed by atoms with E-state index in [0.717, 1.165) is 17.3 Å². The fourth-order valence-corrected chi connectivity index (χ4v) is 2.41. The minimum absolute atomic E-state index is 0.301. The van der Waals surface area contributed by atoms with Gasteiger partial charge in [-0.05, 0) is 29.8 Å². The Labute approximate surface area is 110 Å². The lowest BCUT2D eigenvalue weighted by Gasteiger charge is -2.02. The molecule has 94 valence electrons. The summed E-state index contributed by atoms with van der Waals surface area (Å²) < 4.78 is 9.90. The summed E-state index contributed by atoms with van der Waals surface area (Å²) in [6.45, 7) is 0. The third kappa shape index (κ3) is 3.40. The zero-order valence-corrected chi connectivity index (χ0v) is 10.9. The van der Waals surface area contributed by atoms with Gasteiger partial charge in [0, 0.05) is 5.75 Å². The van der Waals surface area contributed by atoms with E-state index in [2.05, 4.69) is 4.74 Å². The third-order valence-corrected chi connectivity index (χ3v) is 3.49. The summed E-state index contributed by atoms with van der Waals surface area (Å²) in [5.41, 5.74) is 1.76. The van der Waals surface area contributed by atoms with Crippen molar-refractivity contribution in [3.63, 3.8) is 0 Å². The molecule has 0 radical (unpaired) electrons. The molecule has 0 saturated carbocycles. The van der Waals surface area contributed by atoms with Crippen molar-refractivity contribution in [1.29, 1.82) is 0 Å². The SMILES string of the molecule is COC(=O)c1ccc(CSCc2ccco2)cc1. The van der Waals surface area contributed by atoms with Crippen LogP contribution >= 0.6 is 11.8 Å². The van der Waals surface area contributed by atoms with E-state index in [1.54, 1.807) is 30.2 Å². The van der Waals surface area contributed by atoms with Gasteiger partial charge in [-0.3, -0.25) is 0 Å². The predicted octanol–water partition coefficient (Wildman–Crippen LogP) is 3.50. The molecule has 0 aliphatic rings. The Kier molecular flexibility index (Phi) is 4.47. The van der Waals surface area contributed by atoms with Crippen molar-refractivity contribution in [2.75, 3.05) is 7.11 Å². The average Bonchev–Trinajstić information content (AvgIpc) is 2.92. The second-order valence-electron chi connectivity index (χ2n) is 3.76. The van der Waals surface area contributed by atoms with Gasteiger partial charge in [0.1, 0.15) is 5.76 Å². The summed E-state index contributed by atoms with van der Waals surface area (Å²) in [5.74, 6) is 2.42. The Morgan fingerprint density at radius 1 is 1.22 bits per heavy atom. The highest BCUT2D eigenvalue weighted by molar-refractivity contribution is 7.97. The van der Waals surface area contributed by atoms with Crippen molar-refractivity contribution in [3.8, 4) is 0 Å². The number of carbonyl (C=O) groups excluding carboxylic acids is 1. The molecule has 2 aromatic rings. The molecule has 1 heterocycles. The molecule has 2 rings (SSSR count). The van der Waals surface area contributed by atoms with E-state index in [0.29, 0.717) is 5.56 Å². The van der Waals surface area contributed by atoms with E-state index in [1.165, 1.54) is 12.7 Å². The number of rotatable bonds is 5. The molecule has 0 N–H and O–H groups in total. The molecule has 0 fully saturated rings. The smallest absolute Gasteiger partial charge is 0.337 e. The molecule has 0 saturated heterocycles. The van der Waals surface area contributed by atoms with Crippen LogP contribution in [0.3, 0.4) is 0 Å². The highest BCUT2D eigenvalue weighted by Crippen LogP contribution is 2.18. The van der Waals surface area contributed by atoms with Gasteiger partial charge in [0.25, 0.3) is 0 Å². The molecule has 1 aromatic carbocycles. The minimum Gasteiger partial charge on any atom is -0.468 e. The molecule has 0 amide bonds. The summed E-state index contributed by atoms with van der Waals surface area (Å²) in [5, 5.41) is 0. The van der Waals surface area contributed by atoms with Crippen LogP contribution in [0.5, 0.6) is 0 Å². The zero-order chi connectivity index (χ0) is 12.8. The maximum atomic E-state index is 11.3. The van der Waals surface area contributed by atoms with Gasteiger partial charge in [0.2, 0.25) is 0 Å². The quantitative estimate of drug-likeness (QED) is 0.773. The number of methoxy groups -OCH3 is 1. The van der Waals surface area contributed by atoms with E-state index in [4.69, 9.17) is 4.42 Å². The van der Waals surface area contributed by atoms with Crippen LogP contribution in [0, 0.1) is 0 Å². The second-order valence-corrected chi connectivity index (χ2v) is 4.75. The highest BCUT2D eigenvalue weighted by atomic mass is 32.2. The number of ether oxygens (including phenoxy) is 1. The van der Waals surface area contributed by atoms with Crippen LogP contribution in [0.1, 0.15) is 21.7 Å². The minimum atomic E-state index is -0.301. The third-order valence-electron chi connectivity index (χ3n) is 2.47. The fraction of sp³-hybridized carbons (Fsp3) is 0.214. The number of thioether (sulfide) groups is 1. The van der Waals surface area contributed by atoms with E-state index in [1.807, 2.05) is 24.3 Å². The van der Waals surface area contributed by atoms with Crippen LogP contribution in [0.25, 0.3) is 0 Å². The Morgan fingerprint density at radius 3 is 2.61 bits per heavy atom. The fourth-order valence-electron chi connectivity index (χ4n) is 1.52. The summed E-state index contributed by atoms with van der Waals surface area (Å²) in [4.78, 5) is 11.3. The Bertz CT molecular complexity index is 488. The highest BCUT2D eigenvalue weighted by Gasteiger charge is 2.04. The van der Waals surface area contributed by atoms with Crippen LogP contribution in [0.2, 0.25) is 0 Å².